The molecule has 0 atom stereocenters. The number of nitrogens with two attached hydrogens (primary N) is 1. The lowest BCUT2D eigenvalue weighted by molar-refractivity contribution is 0.231. The van der Waals surface area contributed by atoms with E-state index in [2.05, 4.69) is 29.8 Å². The number of pyridine rings is 1. The second kappa shape index (κ2) is 6.87. The van der Waals surface area contributed by atoms with Gasteiger partial charge in [-0.3, -0.25) is 4.90 Å². The molecule has 0 aromatic carbocycles. The van der Waals surface area contributed by atoms with Crippen LogP contribution in [0.1, 0.15) is 43.9 Å². The standard InChI is InChI=1S/C15H25N3O/c1-12(2)14-9-13(11-16)10-15(17-14)19-8-7-18-5-3-4-6-18/h9-10,12H,3-8,11,16H2,1-2H3. The van der Waals surface area contributed by atoms with Gasteiger partial charge in [-0.1, -0.05) is 13.8 Å². The molecule has 0 radical (unpaired) electrons. The summed E-state index contributed by atoms with van der Waals surface area (Å²) in [7, 11) is 0. The molecule has 0 spiro atoms. The molecule has 0 saturated carbocycles. The zero-order chi connectivity index (χ0) is 13.7. The van der Waals surface area contributed by atoms with E-state index in [1.165, 1.54) is 25.9 Å². The summed E-state index contributed by atoms with van der Waals surface area (Å²) in [4.78, 5) is 6.99. The lowest BCUT2D eigenvalue weighted by Crippen LogP contribution is -2.25. The summed E-state index contributed by atoms with van der Waals surface area (Å²) in [5.41, 5.74) is 7.87. The first-order valence-electron chi connectivity index (χ1n) is 7.25. The Hall–Kier alpha value is -1.13. The number of rotatable bonds is 6. The van der Waals surface area contributed by atoms with Crippen molar-refractivity contribution in [2.45, 2.75) is 39.2 Å². The molecular formula is C15H25N3O. The maximum absolute atomic E-state index is 5.79. The van der Waals surface area contributed by atoms with Gasteiger partial charge in [0.15, 0.2) is 0 Å². The van der Waals surface area contributed by atoms with E-state index in [-0.39, 0.29) is 0 Å². The molecule has 2 heterocycles. The summed E-state index contributed by atoms with van der Waals surface area (Å²) < 4.78 is 5.79. The summed E-state index contributed by atoms with van der Waals surface area (Å²) in [6, 6.07) is 4.02. The topological polar surface area (TPSA) is 51.4 Å². The molecule has 4 heteroatoms. The highest BCUT2D eigenvalue weighted by Crippen LogP contribution is 2.19. The Bertz CT molecular complexity index is 400. The van der Waals surface area contributed by atoms with Crippen molar-refractivity contribution in [1.82, 2.24) is 9.88 Å². The second-order valence-electron chi connectivity index (χ2n) is 5.49. The maximum Gasteiger partial charge on any atom is 0.213 e. The van der Waals surface area contributed by atoms with Crippen LogP contribution in [0.3, 0.4) is 0 Å². The van der Waals surface area contributed by atoms with Gasteiger partial charge in [-0.2, -0.15) is 0 Å². The van der Waals surface area contributed by atoms with Gasteiger partial charge in [0.25, 0.3) is 0 Å². The molecule has 4 nitrogen and oxygen atoms in total. The Morgan fingerprint density at radius 1 is 1.32 bits per heavy atom. The van der Waals surface area contributed by atoms with Crippen LogP contribution in [0.25, 0.3) is 0 Å². The summed E-state index contributed by atoms with van der Waals surface area (Å²) in [5.74, 6) is 1.11. The highest BCUT2D eigenvalue weighted by atomic mass is 16.5. The van der Waals surface area contributed by atoms with Gasteiger partial charge in [0.05, 0.1) is 0 Å². The predicted molar refractivity (Wildman–Crippen MR) is 77.4 cm³/mol. The highest BCUT2D eigenvalue weighted by molar-refractivity contribution is 5.26. The zero-order valence-corrected chi connectivity index (χ0v) is 12.1. The van der Waals surface area contributed by atoms with E-state index >= 15 is 0 Å². The van der Waals surface area contributed by atoms with Crippen LogP contribution < -0.4 is 10.5 Å². The van der Waals surface area contributed by atoms with Crippen LogP contribution in [0, 0.1) is 0 Å². The monoisotopic (exact) mass is 263 g/mol. The molecule has 1 aliphatic rings. The number of aromatic nitrogens is 1. The van der Waals surface area contributed by atoms with E-state index in [9.17, 15) is 0 Å². The molecule has 0 aliphatic carbocycles. The van der Waals surface area contributed by atoms with Gasteiger partial charge in [-0.25, -0.2) is 4.98 Å². The van der Waals surface area contributed by atoms with Crippen molar-refractivity contribution in [2.24, 2.45) is 5.73 Å². The van der Waals surface area contributed by atoms with Crippen LogP contribution in [-0.2, 0) is 6.54 Å². The fourth-order valence-corrected chi connectivity index (χ4v) is 2.36. The Kier molecular flexibility index (Phi) is 5.16. The molecule has 1 aromatic heterocycles. The third kappa shape index (κ3) is 4.18. The Morgan fingerprint density at radius 3 is 2.68 bits per heavy atom. The highest BCUT2D eigenvalue weighted by Gasteiger charge is 2.11. The van der Waals surface area contributed by atoms with Crippen molar-refractivity contribution >= 4 is 0 Å². The fourth-order valence-electron chi connectivity index (χ4n) is 2.36. The number of likely N-dealkylation sites (tertiary alicyclic amines) is 1. The summed E-state index contributed by atoms with van der Waals surface area (Å²) in [6.07, 6.45) is 2.64. The van der Waals surface area contributed by atoms with Crippen molar-refractivity contribution in [2.75, 3.05) is 26.2 Å². The number of nitrogens with zero attached hydrogens (tertiary/aromatic N) is 2. The van der Waals surface area contributed by atoms with Gasteiger partial charge in [0, 0.05) is 24.8 Å². The van der Waals surface area contributed by atoms with E-state index in [0.29, 0.717) is 24.9 Å². The molecular weight excluding hydrogens is 238 g/mol. The average molecular weight is 263 g/mol. The molecule has 1 aromatic rings. The molecule has 1 fully saturated rings. The van der Waals surface area contributed by atoms with Crippen LogP contribution >= 0.6 is 0 Å². The summed E-state index contributed by atoms with van der Waals surface area (Å²) >= 11 is 0. The third-order valence-corrected chi connectivity index (χ3v) is 3.56. The molecule has 19 heavy (non-hydrogen) atoms. The van der Waals surface area contributed by atoms with Crippen molar-refractivity contribution < 1.29 is 4.74 Å². The van der Waals surface area contributed by atoms with E-state index in [1.807, 2.05) is 6.07 Å². The van der Waals surface area contributed by atoms with Gasteiger partial charge in [0.2, 0.25) is 5.88 Å². The van der Waals surface area contributed by atoms with E-state index in [4.69, 9.17) is 10.5 Å². The minimum atomic E-state index is 0.396. The van der Waals surface area contributed by atoms with Crippen LogP contribution in [0.4, 0.5) is 0 Å². The molecule has 2 N–H and O–H groups in total. The predicted octanol–water partition coefficient (Wildman–Crippen LogP) is 2.14. The molecule has 0 unspecified atom stereocenters. The first-order valence-corrected chi connectivity index (χ1v) is 7.25. The average Bonchev–Trinajstić information content (AvgIpc) is 2.91. The largest absolute Gasteiger partial charge is 0.476 e. The Morgan fingerprint density at radius 2 is 2.05 bits per heavy atom. The van der Waals surface area contributed by atoms with Gasteiger partial charge in [-0.05, 0) is 43.5 Å². The molecule has 1 saturated heterocycles. The van der Waals surface area contributed by atoms with Gasteiger partial charge in [0.1, 0.15) is 6.61 Å². The van der Waals surface area contributed by atoms with E-state index in [1.54, 1.807) is 0 Å². The minimum absolute atomic E-state index is 0.396. The van der Waals surface area contributed by atoms with E-state index in [0.717, 1.165) is 17.8 Å². The van der Waals surface area contributed by atoms with Gasteiger partial charge >= 0.3 is 0 Å². The lowest BCUT2D eigenvalue weighted by Gasteiger charge is -2.15. The third-order valence-electron chi connectivity index (χ3n) is 3.56. The molecule has 0 amide bonds. The molecule has 106 valence electrons. The quantitative estimate of drug-likeness (QED) is 0.854. The van der Waals surface area contributed by atoms with Crippen molar-refractivity contribution in [3.63, 3.8) is 0 Å². The van der Waals surface area contributed by atoms with Crippen LogP contribution in [0.15, 0.2) is 12.1 Å². The van der Waals surface area contributed by atoms with Crippen molar-refractivity contribution in [1.29, 1.82) is 0 Å². The minimum Gasteiger partial charge on any atom is -0.476 e. The first-order chi connectivity index (χ1) is 9.19. The van der Waals surface area contributed by atoms with Crippen molar-refractivity contribution in [3.05, 3.63) is 23.4 Å². The molecule has 2 rings (SSSR count). The summed E-state index contributed by atoms with van der Waals surface area (Å²) in [6.45, 7) is 8.91. The van der Waals surface area contributed by atoms with Gasteiger partial charge < -0.3 is 10.5 Å². The molecule has 1 aliphatic heterocycles. The summed E-state index contributed by atoms with van der Waals surface area (Å²) in [5, 5.41) is 0. The van der Waals surface area contributed by atoms with Crippen LogP contribution in [-0.4, -0.2) is 36.1 Å². The first kappa shape index (κ1) is 14.3. The normalized spacial score (nSPS) is 16.2. The van der Waals surface area contributed by atoms with E-state index < -0.39 is 0 Å². The molecule has 0 bridgehead atoms. The van der Waals surface area contributed by atoms with Gasteiger partial charge in [-0.15, -0.1) is 0 Å². The Balaban J connectivity index is 1.92. The van der Waals surface area contributed by atoms with Crippen LogP contribution in [0.2, 0.25) is 0 Å². The number of hydrogen-bond donors (Lipinski definition) is 1. The SMILES string of the molecule is CC(C)c1cc(CN)cc(OCCN2CCCC2)n1. The van der Waals surface area contributed by atoms with Crippen molar-refractivity contribution in [3.8, 4) is 5.88 Å². The Labute approximate surface area is 116 Å². The number of ether oxygens (including phenoxy) is 1. The maximum atomic E-state index is 5.79. The second-order valence-corrected chi connectivity index (χ2v) is 5.49. The lowest BCUT2D eigenvalue weighted by atomic mass is 10.1. The zero-order valence-electron chi connectivity index (χ0n) is 12.1. The number of hydrogen-bond acceptors (Lipinski definition) is 4. The smallest absolute Gasteiger partial charge is 0.213 e. The fraction of sp³-hybridized carbons (Fsp3) is 0.667. The van der Waals surface area contributed by atoms with Crippen LogP contribution in [0.5, 0.6) is 5.88 Å².